The SMILES string of the molecule is CNCCOCCOCCN.O=CCCN1CCC(C(=O)Nc2nc3ccc(NSc4ccncc4)cc3o2)CC1. The largest absolute Gasteiger partial charge is 0.423 e. The molecule has 5 N–H and O–H groups in total. The second-order valence-corrected chi connectivity index (χ2v) is 10.1. The fraction of sp³-hybridized carbons (Fsp3) is 0.500. The molecule has 0 saturated carbocycles. The van der Waals surface area contributed by atoms with Gasteiger partial charge in [-0.15, -0.1) is 0 Å². The van der Waals surface area contributed by atoms with Crippen LogP contribution in [0.25, 0.3) is 11.1 Å². The molecule has 0 radical (unpaired) electrons. The molecule has 4 rings (SSSR count). The van der Waals surface area contributed by atoms with Crippen LogP contribution in [0.4, 0.5) is 11.7 Å². The number of nitrogens with two attached hydrogens (primary N) is 1. The first-order chi connectivity index (χ1) is 20.1. The minimum atomic E-state index is -0.0681. The van der Waals surface area contributed by atoms with Crippen LogP contribution in [0.3, 0.4) is 0 Å². The van der Waals surface area contributed by atoms with Crippen LogP contribution in [-0.2, 0) is 19.1 Å². The van der Waals surface area contributed by atoms with Gasteiger partial charge in [-0.05, 0) is 69.2 Å². The van der Waals surface area contributed by atoms with Gasteiger partial charge in [0.05, 0.1) is 26.4 Å². The number of rotatable bonds is 16. The number of pyridine rings is 1. The summed E-state index contributed by atoms with van der Waals surface area (Å²) in [5.74, 6) is -0.135. The van der Waals surface area contributed by atoms with Crippen LogP contribution in [0.2, 0.25) is 0 Å². The molecule has 0 unspecified atom stereocenters. The Bertz CT molecular complexity index is 1150. The van der Waals surface area contributed by atoms with Crippen LogP contribution >= 0.6 is 11.9 Å². The van der Waals surface area contributed by atoms with E-state index in [-0.39, 0.29) is 17.8 Å². The first kappa shape index (κ1) is 32.4. The van der Waals surface area contributed by atoms with E-state index in [0.29, 0.717) is 43.9 Å². The Balaban J connectivity index is 0.000000358. The van der Waals surface area contributed by atoms with Gasteiger partial charge in [0.25, 0.3) is 0 Å². The van der Waals surface area contributed by atoms with E-state index in [1.165, 1.54) is 11.9 Å². The van der Waals surface area contributed by atoms with Crippen molar-refractivity contribution in [1.82, 2.24) is 20.2 Å². The highest BCUT2D eigenvalue weighted by atomic mass is 32.2. The maximum atomic E-state index is 12.6. The minimum Gasteiger partial charge on any atom is -0.423 e. The van der Waals surface area contributed by atoms with Gasteiger partial charge in [0.1, 0.15) is 11.8 Å². The van der Waals surface area contributed by atoms with E-state index in [0.717, 1.165) is 62.5 Å². The second-order valence-electron chi connectivity index (χ2n) is 9.27. The average molecular weight is 588 g/mol. The number of carbonyl (C=O) groups excluding carboxylic acids is 2. The third kappa shape index (κ3) is 12.1. The summed E-state index contributed by atoms with van der Waals surface area (Å²) in [4.78, 5) is 34.7. The van der Waals surface area contributed by atoms with Crippen LogP contribution in [-0.4, -0.2) is 93.3 Å². The van der Waals surface area contributed by atoms with Crippen molar-refractivity contribution >= 4 is 46.9 Å². The molecule has 1 aliphatic rings. The molecule has 1 fully saturated rings. The number of hydrogen-bond acceptors (Lipinski definition) is 12. The van der Waals surface area contributed by atoms with E-state index in [1.54, 1.807) is 12.4 Å². The summed E-state index contributed by atoms with van der Waals surface area (Å²) >= 11 is 1.48. The van der Waals surface area contributed by atoms with Gasteiger partial charge in [-0.3, -0.25) is 15.1 Å². The predicted octanol–water partition coefficient (Wildman–Crippen LogP) is 2.78. The predicted molar refractivity (Wildman–Crippen MR) is 161 cm³/mol. The first-order valence-corrected chi connectivity index (χ1v) is 14.6. The fourth-order valence-corrected chi connectivity index (χ4v) is 4.63. The highest BCUT2D eigenvalue weighted by Gasteiger charge is 2.25. The average Bonchev–Trinajstić information content (AvgIpc) is 3.41. The number of likely N-dealkylation sites (tertiary alicyclic amines) is 1. The molecule has 224 valence electrons. The van der Waals surface area contributed by atoms with E-state index in [1.807, 2.05) is 37.4 Å². The van der Waals surface area contributed by atoms with Gasteiger partial charge in [-0.2, -0.15) is 4.98 Å². The van der Waals surface area contributed by atoms with Crippen molar-refractivity contribution in [2.45, 2.75) is 24.2 Å². The van der Waals surface area contributed by atoms with E-state index < -0.39 is 0 Å². The summed E-state index contributed by atoms with van der Waals surface area (Å²) in [5.41, 5.74) is 7.39. The molecule has 0 aliphatic carbocycles. The molecule has 1 amide bonds. The zero-order chi connectivity index (χ0) is 29.1. The second kappa shape index (κ2) is 19.1. The molecular weight excluding hydrogens is 546 g/mol. The van der Waals surface area contributed by atoms with E-state index in [9.17, 15) is 9.59 Å². The quantitative estimate of drug-likeness (QED) is 0.111. The number of carbonyl (C=O) groups is 2. The van der Waals surface area contributed by atoms with E-state index in [4.69, 9.17) is 19.6 Å². The lowest BCUT2D eigenvalue weighted by Crippen LogP contribution is -2.38. The third-order valence-corrected chi connectivity index (χ3v) is 7.05. The van der Waals surface area contributed by atoms with Crippen LogP contribution < -0.4 is 21.1 Å². The van der Waals surface area contributed by atoms with Gasteiger partial charge in [-0.1, -0.05) is 0 Å². The zero-order valence-corrected chi connectivity index (χ0v) is 24.4. The topological polar surface area (TPSA) is 157 Å². The number of aromatic nitrogens is 2. The van der Waals surface area contributed by atoms with E-state index in [2.05, 4.69) is 30.2 Å². The van der Waals surface area contributed by atoms with Gasteiger partial charge in [0, 0.05) is 61.0 Å². The highest BCUT2D eigenvalue weighted by Crippen LogP contribution is 2.27. The van der Waals surface area contributed by atoms with Gasteiger partial charge in [-0.25, -0.2) is 0 Å². The number of likely N-dealkylation sites (N-methyl/N-ethyl adjacent to an activating group) is 1. The lowest BCUT2D eigenvalue weighted by atomic mass is 9.96. The Kier molecular flexibility index (Phi) is 15.1. The lowest BCUT2D eigenvalue weighted by molar-refractivity contribution is -0.121. The number of nitrogens with one attached hydrogen (secondary N) is 3. The lowest BCUT2D eigenvalue weighted by Gasteiger charge is -2.30. The number of piperidine rings is 1. The Morgan fingerprint density at radius 3 is 2.61 bits per heavy atom. The number of amides is 1. The molecule has 12 nitrogen and oxygen atoms in total. The monoisotopic (exact) mass is 587 g/mol. The molecule has 0 spiro atoms. The van der Waals surface area contributed by atoms with Crippen LogP contribution in [0.15, 0.2) is 52.0 Å². The van der Waals surface area contributed by atoms with Gasteiger partial charge < -0.3 is 39.4 Å². The Morgan fingerprint density at radius 1 is 1.15 bits per heavy atom. The number of benzene rings is 1. The van der Waals surface area contributed by atoms with Crippen molar-refractivity contribution in [2.24, 2.45) is 11.7 Å². The number of nitrogens with zero attached hydrogens (tertiary/aromatic N) is 3. The molecule has 2 aromatic heterocycles. The Morgan fingerprint density at radius 2 is 1.90 bits per heavy atom. The summed E-state index contributed by atoms with van der Waals surface area (Å²) in [5, 5.41) is 5.80. The van der Waals surface area contributed by atoms with Crippen molar-refractivity contribution in [3.8, 4) is 0 Å². The Labute approximate surface area is 245 Å². The van der Waals surface area contributed by atoms with Crippen LogP contribution in [0, 0.1) is 5.92 Å². The molecule has 1 aromatic carbocycles. The number of anilines is 2. The normalized spacial score (nSPS) is 13.9. The number of oxazole rings is 1. The maximum Gasteiger partial charge on any atom is 0.302 e. The van der Waals surface area contributed by atoms with Crippen molar-refractivity contribution in [3.63, 3.8) is 0 Å². The summed E-state index contributed by atoms with van der Waals surface area (Å²) in [6.45, 7) is 6.53. The van der Waals surface area contributed by atoms with Crippen molar-refractivity contribution in [2.75, 3.05) is 76.2 Å². The highest BCUT2D eigenvalue weighted by molar-refractivity contribution is 8.00. The number of fused-ring (bicyclic) bond motifs is 1. The molecule has 0 bridgehead atoms. The number of hydrogen-bond donors (Lipinski definition) is 4. The Hall–Kier alpha value is -3.07. The third-order valence-electron chi connectivity index (χ3n) is 6.21. The van der Waals surface area contributed by atoms with Crippen molar-refractivity contribution < 1.29 is 23.5 Å². The molecular formula is C28H41N7O5S. The smallest absolute Gasteiger partial charge is 0.302 e. The van der Waals surface area contributed by atoms with Crippen LogP contribution in [0.1, 0.15) is 19.3 Å². The molecule has 1 aliphatic heterocycles. The van der Waals surface area contributed by atoms with Gasteiger partial charge >= 0.3 is 6.01 Å². The number of aldehydes is 1. The molecule has 41 heavy (non-hydrogen) atoms. The standard InChI is InChI=1S/C21H23N5O3S.C7H18N2O2/c27-13-1-10-26-11-6-15(7-12-26)20(28)24-21-23-18-3-2-16(14-19(18)29-21)25-30-17-4-8-22-9-5-17;1-9-3-5-11-7-6-10-4-2-8/h2-5,8-9,13-15,25H,1,6-7,10-12H2,(H,23,24,28);9H,2-8H2,1H3. The van der Waals surface area contributed by atoms with Crippen LogP contribution in [0.5, 0.6) is 0 Å². The summed E-state index contributed by atoms with van der Waals surface area (Å²) in [6, 6.07) is 9.69. The van der Waals surface area contributed by atoms with E-state index >= 15 is 0 Å². The minimum absolute atomic E-state index is 0.0665. The molecule has 3 aromatic rings. The van der Waals surface area contributed by atoms with Gasteiger partial charge in [0.15, 0.2) is 5.58 Å². The van der Waals surface area contributed by atoms with Crippen molar-refractivity contribution in [3.05, 3.63) is 42.7 Å². The van der Waals surface area contributed by atoms with Gasteiger partial charge in [0.2, 0.25) is 5.91 Å². The number of ether oxygens (including phenoxy) is 2. The summed E-state index contributed by atoms with van der Waals surface area (Å²) in [6.07, 6.45) is 6.50. The molecule has 0 atom stereocenters. The zero-order valence-electron chi connectivity index (χ0n) is 23.5. The van der Waals surface area contributed by atoms with Crippen molar-refractivity contribution in [1.29, 1.82) is 0 Å². The first-order valence-electron chi connectivity index (χ1n) is 13.8. The maximum absolute atomic E-state index is 12.6. The molecule has 1 saturated heterocycles. The summed E-state index contributed by atoms with van der Waals surface area (Å²) < 4.78 is 19.3. The molecule has 13 heteroatoms. The molecule has 3 heterocycles. The summed E-state index contributed by atoms with van der Waals surface area (Å²) in [7, 11) is 1.90. The fourth-order valence-electron chi connectivity index (χ4n) is 4.01.